The highest BCUT2D eigenvalue weighted by molar-refractivity contribution is 7.98. The summed E-state index contributed by atoms with van der Waals surface area (Å²) in [6, 6.07) is 3.66. The molecule has 1 aromatic heterocycles. The van der Waals surface area contributed by atoms with Crippen LogP contribution in [-0.4, -0.2) is 33.1 Å². The van der Waals surface area contributed by atoms with Crippen molar-refractivity contribution in [2.75, 3.05) is 6.26 Å². The van der Waals surface area contributed by atoms with Crippen LogP contribution in [0.1, 0.15) is 41.8 Å². The van der Waals surface area contributed by atoms with Crippen LogP contribution in [0.5, 0.6) is 0 Å². The first-order valence-corrected chi connectivity index (χ1v) is 10.2. The number of nitrogens with zero attached hydrogens (tertiary/aromatic N) is 3. The molecule has 0 N–H and O–H groups in total. The van der Waals surface area contributed by atoms with E-state index in [0.717, 1.165) is 41.0 Å². The van der Waals surface area contributed by atoms with Gasteiger partial charge in [-0.3, -0.25) is 4.79 Å². The minimum atomic E-state index is -0.611. The maximum absolute atomic E-state index is 14.0. The van der Waals surface area contributed by atoms with E-state index in [2.05, 4.69) is 9.97 Å². The summed E-state index contributed by atoms with van der Waals surface area (Å²) in [6.07, 6.45) is 4.67. The third-order valence-electron chi connectivity index (χ3n) is 4.84. The average molecular weight is 391 g/mol. The van der Waals surface area contributed by atoms with Crippen LogP contribution < -0.4 is 0 Å². The molecule has 1 amide bonds. The Labute approximate surface area is 162 Å². The molecule has 0 bridgehead atoms. The number of thioether (sulfide) groups is 1. The quantitative estimate of drug-likeness (QED) is 0.524. The number of amides is 1. The van der Waals surface area contributed by atoms with E-state index in [9.17, 15) is 13.6 Å². The number of aryl methyl sites for hydroxylation is 2. The summed E-state index contributed by atoms with van der Waals surface area (Å²) in [5.74, 6) is -1.24. The Morgan fingerprint density at radius 1 is 1.22 bits per heavy atom. The second kappa shape index (κ2) is 8.33. The van der Waals surface area contributed by atoms with E-state index in [1.807, 2.05) is 20.1 Å². The predicted molar refractivity (Wildman–Crippen MR) is 102 cm³/mol. The average Bonchev–Trinajstić information content (AvgIpc) is 3.44. The number of halogens is 2. The Morgan fingerprint density at radius 2 is 1.89 bits per heavy atom. The molecule has 7 heteroatoms. The molecule has 0 aliphatic heterocycles. The van der Waals surface area contributed by atoms with E-state index < -0.39 is 11.6 Å². The van der Waals surface area contributed by atoms with E-state index in [-0.39, 0.29) is 18.5 Å². The van der Waals surface area contributed by atoms with Crippen molar-refractivity contribution in [3.63, 3.8) is 0 Å². The molecule has 0 spiro atoms. The van der Waals surface area contributed by atoms with Gasteiger partial charge in [0.2, 0.25) is 5.91 Å². The van der Waals surface area contributed by atoms with Crippen LogP contribution in [-0.2, 0) is 17.8 Å². The zero-order chi connectivity index (χ0) is 19.6. The van der Waals surface area contributed by atoms with Crippen molar-refractivity contribution in [1.29, 1.82) is 0 Å². The van der Waals surface area contributed by atoms with Crippen LogP contribution in [0.2, 0.25) is 0 Å². The second-order valence-electron chi connectivity index (χ2n) is 6.85. The summed E-state index contributed by atoms with van der Waals surface area (Å²) in [6.45, 7) is 4.04. The third-order valence-corrected chi connectivity index (χ3v) is 5.38. The van der Waals surface area contributed by atoms with Crippen molar-refractivity contribution in [1.82, 2.24) is 14.9 Å². The van der Waals surface area contributed by atoms with Crippen LogP contribution >= 0.6 is 11.8 Å². The van der Waals surface area contributed by atoms with Crippen molar-refractivity contribution >= 4 is 17.7 Å². The first-order valence-electron chi connectivity index (χ1n) is 9.00. The van der Waals surface area contributed by atoms with Gasteiger partial charge in [-0.05, 0) is 51.0 Å². The van der Waals surface area contributed by atoms with Crippen molar-refractivity contribution in [3.05, 3.63) is 52.3 Å². The van der Waals surface area contributed by atoms with E-state index in [1.165, 1.54) is 23.9 Å². The standard InChI is InChI=1S/C20H23F2N3OS/c1-12-17(13(2)24-20(23-12)27-3)8-9-19(26)25(16-6-7-16)11-14-4-5-15(21)10-18(14)22/h4-5,10,16H,6-9,11H2,1-3H3. The van der Waals surface area contributed by atoms with E-state index >= 15 is 0 Å². The van der Waals surface area contributed by atoms with Gasteiger partial charge in [0.05, 0.1) is 0 Å². The van der Waals surface area contributed by atoms with Crippen LogP contribution in [0.25, 0.3) is 0 Å². The van der Waals surface area contributed by atoms with Crippen LogP contribution in [0.3, 0.4) is 0 Å². The molecule has 0 radical (unpaired) electrons. The number of hydrogen-bond donors (Lipinski definition) is 0. The van der Waals surface area contributed by atoms with Gasteiger partial charge in [-0.2, -0.15) is 0 Å². The smallest absolute Gasteiger partial charge is 0.223 e. The molecule has 1 saturated carbocycles. The molecule has 1 aliphatic rings. The Morgan fingerprint density at radius 3 is 2.44 bits per heavy atom. The van der Waals surface area contributed by atoms with Crippen molar-refractivity contribution < 1.29 is 13.6 Å². The molecule has 0 saturated heterocycles. The number of benzene rings is 1. The number of carbonyl (C=O) groups is 1. The third kappa shape index (κ3) is 4.83. The number of hydrogen-bond acceptors (Lipinski definition) is 4. The predicted octanol–water partition coefficient (Wildman–Crippen LogP) is 4.22. The van der Waals surface area contributed by atoms with E-state index in [4.69, 9.17) is 0 Å². The molecule has 2 aromatic rings. The molecule has 1 aromatic carbocycles. The van der Waals surface area contributed by atoms with Crippen molar-refractivity contribution in [2.45, 2.75) is 57.3 Å². The monoisotopic (exact) mass is 391 g/mol. The summed E-state index contributed by atoms with van der Waals surface area (Å²) in [5, 5.41) is 0.728. The van der Waals surface area contributed by atoms with Gasteiger partial charge in [-0.25, -0.2) is 18.7 Å². The molecule has 1 heterocycles. The summed E-state index contributed by atoms with van der Waals surface area (Å²) in [7, 11) is 0. The van der Waals surface area contributed by atoms with Crippen LogP contribution in [0.4, 0.5) is 8.78 Å². The Balaban J connectivity index is 1.70. The summed E-state index contributed by atoms with van der Waals surface area (Å²) < 4.78 is 27.1. The van der Waals surface area contributed by atoms with Gasteiger partial charge < -0.3 is 4.90 Å². The van der Waals surface area contributed by atoms with Gasteiger partial charge in [0.25, 0.3) is 0 Å². The molecule has 0 unspecified atom stereocenters. The number of carbonyl (C=O) groups excluding carboxylic acids is 1. The fourth-order valence-corrected chi connectivity index (χ4v) is 3.63. The lowest BCUT2D eigenvalue weighted by Gasteiger charge is -2.23. The minimum Gasteiger partial charge on any atom is -0.335 e. The summed E-state index contributed by atoms with van der Waals surface area (Å²) in [5.41, 5.74) is 3.12. The maximum atomic E-state index is 14.0. The van der Waals surface area contributed by atoms with Gasteiger partial charge >= 0.3 is 0 Å². The van der Waals surface area contributed by atoms with Crippen LogP contribution in [0.15, 0.2) is 23.4 Å². The second-order valence-corrected chi connectivity index (χ2v) is 7.62. The maximum Gasteiger partial charge on any atom is 0.223 e. The van der Waals surface area contributed by atoms with Crippen LogP contribution in [0, 0.1) is 25.5 Å². The fraction of sp³-hybridized carbons (Fsp3) is 0.450. The molecule has 4 nitrogen and oxygen atoms in total. The topological polar surface area (TPSA) is 46.1 Å². The normalized spacial score (nSPS) is 13.7. The van der Waals surface area contributed by atoms with Gasteiger partial charge in [0, 0.05) is 42.0 Å². The van der Waals surface area contributed by atoms with E-state index in [0.29, 0.717) is 18.4 Å². The summed E-state index contributed by atoms with van der Waals surface area (Å²) in [4.78, 5) is 23.4. The molecule has 0 atom stereocenters. The summed E-state index contributed by atoms with van der Waals surface area (Å²) >= 11 is 1.49. The van der Waals surface area contributed by atoms with Gasteiger partial charge in [-0.1, -0.05) is 17.8 Å². The molecule has 27 heavy (non-hydrogen) atoms. The Hall–Kier alpha value is -2.02. The van der Waals surface area contributed by atoms with Gasteiger partial charge in [-0.15, -0.1) is 0 Å². The van der Waals surface area contributed by atoms with Crippen molar-refractivity contribution in [2.24, 2.45) is 0 Å². The highest BCUT2D eigenvalue weighted by atomic mass is 32.2. The lowest BCUT2D eigenvalue weighted by molar-refractivity contribution is -0.132. The molecular formula is C20H23F2N3OS. The first kappa shape index (κ1) is 19.7. The fourth-order valence-electron chi connectivity index (χ4n) is 3.18. The first-order chi connectivity index (χ1) is 12.9. The van der Waals surface area contributed by atoms with E-state index in [1.54, 1.807) is 4.90 Å². The minimum absolute atomic E-state index is 0.0195. The van der Waals surface area contributed by atoms with Crippen molar-refractivity contribution in [3.8, 4) is 0 Å². The zero-order valence-electron chi connectivity index (χ0n) is 15.8. The lowest BCUT2D eigenvalue weighted by Crippen LogP contribution is -2.33. The largest absolute Gasteiger partial charge is 0.335 e. The highest BCUT2D eigenvalue weighted by Gasteiger charge is 2.32. The van der Waals surface area contributed by atoms with Gasteiger partial charge in [0.1, 0.15) is 11.6 Å². The molecule has 1 aliphatic carbocycles. The Bertz CT molecular complexity index is 832. The molecule has 3 rings (SSSR count). The van der Waals surface area contributed by atoms with Gasteiger partial charge in [0.15, 0.2) is 5.16 Å². The zero-order valence-corrected chi connectivity index (χ0v) is 16.6. The molecule has 144 valence electrons. The number of rotatable bonds is 7. The number of aromatic nitrogens is 2. The lowest BCUT2D eigenvalue weighted by atomic mass is 10.1. The Kier molecular flexibility index (Phi) is 6.09. The molecular weight excluding hydrogens is 368 g/mol. The highest BCUT2D eigenvalue weighted by Crippen LogP contribution is 2.30. The SMILES string of the molecule is CSc1nc(C)c(CCC(=O)N(Cc2ccc(F)cc2F)C2CC2)c(C)n1. The molecule has 1 fully saturated rings.